The van der Waals surface area contributed by atoms with Gasteiger partial charge in [0.15, 0.2) is 0 Å². The normalized spacial score (nSPS) is 15.9. The third-order valence-corrected chi connectivity index (χ3v) is 2.52. The summed E-state index contributed by atoms with van der Waals surface area (Å²) in [5, 5.41) is 23.8. The molecule has 110 valence electrons. The lowest BCUT2D eigenvalue weighted by Crippen LogP contribution is -2.32. The van der Waals surface area contributed by atoms with Gasteiger partial charge in [0.1, 0.15) is 24.0 Å². The minimum atomic E-state index is -0.721. The largest absolute Gasteiger partial charge is 0.433 e. The van der Waals surface area contributed by atoms with Crippen LogP contribution in [-0.4, -0.2) is 51.4 Å². The lowest BCUT2D eigenvalue weighted by atomic mass is 10.4. The molecule has 0 aromatic carbocycles. The highest BCUT2D eigenvalue weighted by Crippen LogP contribution is 2.16. The molecule has 0 saturated carbocycles. The molecule has 21 heavy (non-hydrogen) atoms. The molecule has 0 aliphatic carbocycles. The van der Waals surface area contributed by atoms with Crippen LogP contribution in [0.5, 0.6) is 0 Å². The zero-order valence-corrected chi connectivity index (χ0v) is 10.6. The van der Waals surface area contributed by atoms with Gasteiger partial charge < -0.3 is 9.52 Å². The van der Waals surface area contributed by atoms with Gasteiger partial charge in [-0.1, -0.05) is 0 Å². The molecule has 10 heteroatoms. The second-order valence-electron chi connectivity index (χ2n) is 3.86. The van der Waals surface area contributed by atoms with Gasteiger partial charge >= 0.3 is 11.9 Å². The van der Waals surface area contributed by atoms with Gasteiger partial charge in [-0.25, -0.2) is 14.7 Å². The third-order valence-electron chi connectivity index (χ3n) is 2.52. The summed E-state index contributed by atoms with van der Waals surface area (Å²) in [6.07, 6.45) is 4.02. The standard InChI is InChI=1S/C11H10N4O6/c16-7-13-9(17)6-14(11(13)18)12-5-1-2-8-3-4-10(21-8)15(19)20/h1-5,16H,6-7H2/b2-1-,12-5+. The van der Waals surface area contributed by atoms with Crippen molar-refractivity contribution in [3.8, 4) is 0 Å². The summed E-state index contributed by atoms with van der Waals surface area (Å²) in [5.41, 5.74) is 0. The van der Waals surface area contributed by atoms with Crippen molar-refractivity contribution in [2.75, 3.05) is 13.3 Å². The Morgan fingerprint density at radius 2 is 2.24 bits per heavy atom. The van der Waals surface area contributed by atoms with Crippen molar-refractivity contribution in [1.29, 1.82) is 0 Å². The van der Waals surface area contributed by atoms with E-state index in [4.69, 9.17) is 9.52 Å². The molecule has 2 heterocycles. The van der Waals surface area contributed by atoms with Crippen molar-refractivity contribution in [3.05, 3.63) is 34.1 Å². The van der Waals surface area contributed by atoms with Crippen molar-refractivity contribution in [3.63, 3.8) is 0 Å². The summed E-state index contributed by atoms with van der Waals surface area (Å²) in [6, 6.07) is 1.89. The minimum Gasteiger partial charge on any atom is -0.401 e. The van der Waals surface area contributed by atoms with Crippen LogP contribution in [0.25, 0.3) is 6.08 Å². The molecule has 3 amide bonds. The van der Waals surface area contributed by atoms with Crippen molar-refractivity contribution < 1.29 is 24.0 Å². The number of carbonyl (C=O) groups excluding carboxylic acids is 2. The number of imide groups is 1. The van der Waals surface area contributed by atoms with Crippen LogP contribution in [-0.2, 0) is 4.79 Å². The third kappa shape index (κ3) is 3.12. The maximum Gasteiger partial charge on any atom is 0.433 e. The zero-order chi connectivity index (χ0) is 15.4. The van der Waals surface area contributed by atoms with E-state index in [2.05, 4.69) is 5.10 Å². The molecular weight excluding hydrogens is 284 g/mol. The lowest BCUT2D eigenvalue weighted by Gasteiger charge is -2.09. The maximum absolute atomic E-state index is 11.5. The fourth-order valence-corrected chi connectivity index (χ4v) is 1.54. The Hall–Kier alpha value is -3.01. The van der Waals surface area contributed by atoms with Crippen molar-refractivity contribution >= 4 is 30.1 Å². The number of amides is 3. The van der Waals surface area contributed by atoms with Gasteiger partial charge in [0.2, 0.25) is 0 Å². The van der Waals surface area contributed by atoms with Crippen LogP contribution in [0.1, 0.15) is 5.76 Å². The van der Waals surface area contributed by atoms with E-state index < -0.39 is 23.6 Å². The van der Waals surface area contributed by atoms with Gasteiger partial charge in [-0.15, -0.1) is 0 Å². The van der Waals surface area contributed by atoms with Crippen molar-refractivity contribution in [2.24, 2.45) is 5.10 Å². The monoisotopic (exact) mass is 294 g/mol. The van der Waals surface area contributed by atoms with Gasteiger partial charge in [-0.3, -0.25) is 14.9 Å². The van der Waals surface area contributed by atoms with Gasteiger partial charge in [0, 0.05) is 6.21 Å². The fourth-order valence-electron chi connectivity index (χ4n) is 1.54. The Morgan fingerprint density at radius 3 is 2.81 bits per heavy atom. The molecule has 1 aliphatic rings. The maximum atomic E-state index is 11.5. The highest BCUT2D eigenvalue weighted by atomic mass is 16.6. The van der Waals surface area contributed by atoms with Crippen LogP contribution in [0.3, 0.4) is 0 Å². The molecule has 1 aliphatic heterocycles. The predicted octanol–water partition coefficient (Wildman–Crippen LogP) is 0.401. The first-order valence-corrected chi connectivity index (χ1v) is 5.70. The molecule has 1 N–H and O–H groups in total. The van der Waals surface area contributed by atoms with E-state index in [0.717, 1.165) is 5.01 Å². The number of nitrogens with zero attached hydrogens (tertiary/aromatic N) is 4. The summed E-state index contributed by atoms with van der Waals surface area (Å²) in [6.45, 7) is -0.953. The number of nitro groups is 1. The Bertz CT molecular complexity index is 634. The summed E-state index contributed by atoms with van der Waals surface area (Å²) in [7, 11) is 0. The molecule has 2 rings (SSSR count). The summed E-state index contributed by atoms with van der Waals surface area (Å²) in [5.74, 6) is -0.690. The second kappa shape index (κ2) is 5.96. The number of carbonyl (C=O) groups is 2. The van der Waals surface area contributed by atoms with Crippen LogP contribution in [0.2, 0.25) is 0 Å². The summed E-state index contributed by atoms with van der Waals surface area (Å²) in [4.78, 5) is 33.2. The molecule has 0 atom stereocenters. The van der Waals surface area contributed by atoms with Crippen LogP contribution in [0.15, 0.2) is 27.7 Å². The quantitative estimate of drug-likeness (QED) is 0.362. The first-order chi connectivity index (χ1) is 10.0. The van der Waals surface area contributed by atoms with Crippen molar-refractivity contribution in [2.45, 2.75) is 0 Å². The Kier molecular flexibility index (Phi) is 4.09. The molecular formula is C11H10N4O6. The van der Waals surface area contributed by atoms with Crippen LogP contribution < -0.4 is 0 Å². The first-order valence-electron chi connectivity index (χ1n) is 5.70. The number of hydrazone groups is 1. The lowest BCUT2D eigenvalue weighted by molar-refractivity contribution is -0.402. The second-order valence-corrected chi connectivity index (χ2v) is 3.86. The average Bonchev–Trinajstić information content (AvgIpc) is 3.01. The number of hydrogen-bond acceptors (Lipinski definition) is 7. The number of aliphatic hydroxyl groups is 1. The van der Waals surface area contributed by atoms with Crippen molar-refractivity contribution in [1.82, 2.24) is 9.91 Å². The predicted molar refractivity (Wildman–Crippen MR) is 68.9 cm³/mol. The molecule has 1 saturated heterocycles. The Labute approximate surface area is 117 Å². The van der Waals surface area contributed by atoms with E-state index in [1.807, 2.05) is 0 Å². The van der Waals surface area contributed by atoms with Crippen LogP contribution >= 0.6 is 0 Å². The summed E-state index contributed by atoms with van der Waals surface area (Å²) < 4.78 is 4.87. The molecule has 1 aromatic rings. The SMILES string of the molecule is O=C1CN(/N=C/C=C\c2ccc([N+](=O)[O-])o2)C(=O)N1CO. The summed E-state index contributed by atoms with van der Waals surface area (Å²) >= 11 is 0. The molecule has 0 spiro atoms. The molecule has 0 radical (unpaired) electrons. The number of furan rings is 1. The number of hydrogen-bond donors (Lipinski definition) is 1. The number of urea groups is 1. The van der Waals surface area contributed by atoms with Gasteiger partial charge in [0.25, 0.3) is 5.91 Å². The smallest absolute Gasteiger partial charge is 0.401 e. The van der Waals surface area contributed by atoms with Gasteiger partial charge in [-0.05, 0) is 18.2 Å². The zero-order valence-electron chi connectivity index (χ0n) is 10.6. The van der Waals surface area contributed by atoms with Crippen LogP contribution in [0.4, 0.5) is 10.7 Å². The number of aliphatic hydroxyl groups excluding tert-OH is 1. The van der Waals surface area contributed by atoms with Gasteiger partial charge in [0.05, 0.1) is 6.07 Å². The van der Waals surface area contributed by atoms with E-state index in [1.165, 1.54) is 30.5 Å². The highest BCUT2D eigenvalue weighted by molar-refractivity contribution is 6.02. The number of rotatable bonds is 5. The minimum absolute atomic E-state index is 0.244. The average molecular weight is 294 g/mol. The molecule has 0 bridgehead atoms. The topological polar surface area (TPSA) is 129 Å². The molecule has 1 aromatic heterocycles. The van der Waals surface area contributed by atoms with E-state index >= 15 is 0 Å². The fraction of sp³-hybridized carbons (Fsp3) is 0.182. The van der Waals surface area contributed by atoms with E-state index in [9.17, 15) is 19.7 Å². The number of allylic oxidation sites excluding steroid dienone is 1. The first kappa shape index (κ1) is 14.4. The van der Waals surface area contributed by atoms with E-state index in [0.29, 0.717) is 4.90 Å². The highest BCUT2D eigenvalue weighted by Gasteiger charge is 2.35. The van der Waals surface area contributed by atoms with Gasteiger partial charge in [-0.2, -0.15) is 5.10 Å². The van der Waals surface area contributed by atoms with E-state index in [-0.39, 0.29) is 18.2 Å². The van der Waals surface area contributed by atoms with E-state index in [1.54, 1.807) is 0 Å². The molecule has 1 fully saturated rings. The molecule has 0 unspecified atom stereocenters. The Balaban J connectivity index is 1.96. The molecule has 10 nitrogen and oxygen atoms in total. The Morgan fingerprint density at radius 1 is 1.48 bits per heavy atom. The van der Waals surface area contributed by atoms with Crippen LogP contribution in [0, 0.1) is 10.1 Å².